The summed E-state index contributed by atoms with van der Waals surface area (Å²) in [7, 11) is -3.51. The van der Waals surface area contributed by atoms with Gasteiger partial charge >= 0.3 is 0 Å². The van der Waals surface area contributed by atoms with Crippen molar-refractivity contribution < 1.29 is 17.5 Å². The van der Waals surface area contributed by atoms with E-state index >= 15 is 4.39 Å². The van der Waals surface area contributed by atoms with Gasteiger partial charge in [0.25, 0.3) is 0 Å². The minimum atomic E-state index is -3.51. The number of aromatic nitrogens is 3. The summed E-state index contributed by atoms with van der Waals surface area (Å²) >= 11 is 0. The molecule has 0 saturated carbocycles. The summed E-state index contributed by atoms with van der Waals surface area (Å²) in [5.74, 6) is 0.917. The van der Waals surface area contributed by atoms with Crippen LogP contribution in [0.25, 0.3) is 22.0 Å². The molecule has 0 aliphatic carbocycles. The molecule has 41 heavy (non-hydrogen) atoms. The Balaban J connectivity index is 1.49. The van der Waals surface area contributed by atoms with E-state index in [4.69, 9.17) is 9.72 Å². The molecule has 10 heteroatoms. The Morgan fingerprint density at radius 2 is 1.88 bits per heavy atom. The molecule has 0 amide bonds. The van der Waals surface area contributed by atoms with Crippen molar-refractivity contribution in [2.75, 3.05) is 24.2 Å². The molecule has 1 aliphatic heterocycles. The lowest BCUT2D eigenvalue weighted by Gasteiger charge is -2.28. The molecule has 0 unspecified atom stereocenters. The van der Waals surface area contributed by atoms with Crippen LogP contribution < -0.4 is 15.4 Å². The van der Waals surface area contributed by atoms with Gasteiger partial charge in [-0.05, 0) is 73.0 Å². The Labute approximate surface area is 240 Å². The number of nitrogens with one attached hydrogen (secondary N) is 2. The first-order chi connectivity index (χ1) is 19.6. The van der Waals surface area contributed by atoms with Crippen LogP contribution in [0, 0.1) is 24.6 Å². The first-order valence-electron chi connectivity index (χ1n) is 13.9. The SMILES string of the molecule is Cc1ccc2c(CS(=O)(=O)CC(C)C)c(F)ccc2c1Oc1ncccc1-c1ccnc(N[C@@H]2CNC[C@H](C)C2)n1. The van der Waals surface area contributed by atoms with Gasteiger partial charge in [-0.15, -0.1) is 0 Å². The average molecular weight is 578 g/mol. The lowest BCUT2D eigenvalue weighted by Crippen LogP contribution is -2.42. The number of fused-ring (bicyclic) bond motifs is 1. The summed E-state index contributed by atoms with van der Waals surface area (Å²) in [6.45, 7) is 9.63. The number of rotatable bonds is 9. The van der Waals surface area contributed by atoms with E-state index in [1.54, 1.807) is 30.6 Å². The van der Waals surface area contributed by atoms with Gasteiger partial charge < -0.3 is 15.4 Å². The molecule has 2 N–H and O–H groups in total. The van der Waals surface area contributed by atoms with Gasteiger partial charge in [0.15, 0.2) is 9.84 Å². The van der Waals surface area contributed by atoms with Crippen LogP contribution in [-0.2, 0) is 15.6 Å². The van der Waals surface area contributed by atoms with Gasteiger partial charge in [-0.2, -0.15) is 0 Å². The summed E-state index contributed by atoms with van der Waals surface area (Å²) in [5.41, 5.74) is 2.27. The number of ether oxygens (including phenoxy) is 1. The minimum absolute atomic E-state index is 0.0125. The van der Waals surface area contributed by atoms with Gasteiger partial charge in [-0.1, -0.05) is 32.9 Å². The van der Waals surface area contributed by atoms with Crippen LogP contribution in [0.2, 0.25) is 0 Å². The zero-order valence-electron chi connectivity index (χ0n) is 23.8. The topological polar surface area (TPSA) is 106 Å². The van der Waals surface area contributed by atoms with Crippen LogP contribution in [0.3, 0.4) is 0 Å². The number of hydrogen-bond acceptors (Lipinski definition) is 8. The first kappa shape index (κ1) is 28.9. The molecular formula is C31H36FN5O3S. The molecule has 8 nitrogen and oxygen atoms in total. The van der Waals surface area contributed by atoms with E-state index in [1.807, 2.05) is 39.0 Å². The van der Waals surface area contributed by atoms with E-state index in [9.17, 15) is 8.42 Å². The predicted molar refractivity (Wildman–Crippen MR) is 160 cm³/mol. The van der Waals surface area contributed by atoms with Crippen molar-refractivity contribution in [1.82, 2.24) is 20.3 Å². The molecule has 1 fully saturated rings. The van der Waals surface area contributed by atoms with E-state index in [-0.39, 0.29) is 29.0 Å². The Morgan fingerprint density at radius 3 is 2.66 bits per heavy atom. The summed E-state index contributed by atoms with van der Waals surface area (Å²) in [5, 5.41) is 7.98. The van der Waals surface area contributed by atoms with Crippen molar-refractivity contribution in [3.8, 4) is 22.9 Å². The fourth-order valence-electron chi connectivity index (χ4n) is 5.38. The van der Waals surface area contributed by atoms with Gasteiger partial charge in [0.2, 0.25) is 11.8 Å². The average Bonchev–Trinajstić information content (AvgIpc) is 2.91. The van der Waals surface area contributed by atoms with E-state index in [0.29, 0.717) is 45.5 Å². The highest BCUT2D eigenvalue weighted by atomic mass is 32.2. The number of sulfone groups is 1. The number of nitrogens with zero attached hydrogens (tertiary/aromatic N) is 3. The maximum Gasteiger partial charge on any atom is 0.228 e. The van der Waals surface area contributed by atoms with Crippen molar-refractivity contribution in [2.45, 2.75) is 45.9 Å². The number of anilines is 1. The van der Waals surface area contributed by atoms with E-state index < -0.39 is 15.7 Å². The monoisotopic (exact) mass is 577 g/mol. The maximum atomic E-state index is 15.0. The largest absolute Gasteiger partial charge is 0.437 e. The van der Waals surface area contributed by atoms with Gasteiger partial charge in [-0.25, -0.2) is 27.8 Å². The predicted octanol–water partition coefficient (Wildman–Crippen LogP) is 5.91. The molecule has 0 spiro atoms. The molecule has 216 valence electrons. The number of halogens is 1. The van der Waals surface area contributed by atoms with E-state index in [0.717, 1.165) is 25.1 Å². The Kier molecular flexibility index (Phi) is 8.51. The van der Waals surface area contributed by atoms with Crippen LogP contribution in [0.1, 0.15) is 38.3 Å². The summed E-state index contributed by atoms with van der Waals surface area (Å²) in [4.78, 5) is 13.7. The summed E-state index contributed by atoms with van der Waals surface area (Å²) in [6.07, 6.45) is 4.37. The van der Waals surface area contributed by atoms with E-state index in [2.05, 4.69) is 27.5 Å². The summed E-state index contributed by atoms with van der Waals surface area (Å²) < 4.78 is 47.0. The third-order valence-corrected chi connectivity index (χ3v) is 9.06. The molecule has 2 aromatic carbocycles. The quantitative estimate of drug-likeness (QED) is 0.253. The Hall–Kier alpha value is -3.63. The smallest absolute Gasteiger partial charge is 0.228 e. The van der Waals surface area contributed by atoms with Crippen molar-refractivity contribution in [1.29, 1.82) is 0 Å². The van der Waals surface area contributed by atoms with Crippen molar-refractivity contribution in [3.63, 3.8) is 0 Å². The third-order valence-electron chi connectivity index (χ3n) is 7.16. The lowest BCUT2D eigenvalue weighted by atomic mass is 9.98. The number of hydrogen-bond donors (Lipinski definition) is 2. The minimum Gasteiger partial charge on any atom is -0.437 e. The fourth-order valence-corrected chi connectivity index (χ4v) is 7.25. The highest BCUT2D eigenvalue weighted by Crippen LogP contribution is 2.38. The molecule has 4 aromatic rings. The molecule has 0 bridgehead atoms. The molecule has 0 radical (unpaired) electrons. The van der Waals surface area contributed by atoms with Gasteiger partial charge in [-0.3, -0.25) is 0 Å². The van der Waals surface area contributed by atoms with Crippen LogP contribution in [0.4, 0.5) is 10.3 Å². The van der Waals surface area contributed by atoms with Crippen LogP contribution in [-0.4, -0.2) is 48.3 Å². The molecule has 2 atom stereocenters. The molecule has 1 saturated heterocycles. The second-order valence-electron chi connectivity index (χ2n) is 11.3. The highest BCUT2D eigenvalue weighted by Gasteiger charge is 2.22. The number of aryl methyl sites for hydroxylation is 1. The van der Waals surface area contributed by atoms with E-state index in [1.165, 1.54) is 6.07 Å². The fraction of sp³-hybridized carbons (Fsp3) is 0.387. The Morgan fingerprint density at radius 1 is 1.07 bits per heavy atom. The number of piperidine rings is 1. The second-order valence-corrected chi connectivity index (χ2v) is 13.5. The second kappa shape index (κ2) is 12.1. The molecule has 1 aliphatic rings. The van der Waals surface area contributed by atoms with Crippen LogP contribution >= 0.6 is 0 Å². The van der Waals surface area contributed by atoms with Crippen molar-refractivity contribution in [2.24, 2.45) is 11.8 Å². The molecular weight excluding hydrogens is 541 g/mol. The third kappa shape index (κ3) is 6.82. The maximum absolute atomic E-state index is 15.0. The van der Waals surface area contributed by atoms with Crippen molar-refractivity contribution >= 4 is 26.6 Å². The zero-order valence-corrected chi connectivity index (χ0v) is 24.6. The van der Waals surface area contributed by atoms with Gasteiger partial charge in [0.1, 0.15) is 11.6 Å². The molecule has 2 aromatic heterocycles. The standard InChI is InChI=1S/C31H36FN5O3S/c1-19(2)17-41(38,39)18-26-23-8-7-21(4)29(24(23)9-10-27(26)32)40-30-25(6-5-12-34-30)28-11-13-35-31(37-28)36-22-14-20(3)15-33-16-22/h5-13,19-20,22,33H,14-18H2,1-4H3,(H,35,36,37)/t20-,22+/m1/s1. The number of benzene rings is 2. The molecule has 5 rings (SSSR count). The number of pyridine rings is 1. The van der Waals surface area contributed by atoms with Crippen LogP contribution in [0.5, 0.6) is 11.6 Å². The Bertz CT molecular complexity index is 1660. The summed E-state index contributed by atoms with van der Waals surface area (Å²) in [6, 6.07) is 12.2. The van der Waals surface area contributed by atoms with Gasteiger partial charge in [0.05, 0.1) is 22.8 Å². The van der Waals surface area contributed by atoms with Gasteiger partial charge in [0, 0.05) is 35.9 Å². The first-order valence-corrected chi connectivity index (χ1v) is 15.8. The van der Waals surface area contributed by atoms with Crippen molar-refractivity contribution in [3.05, 3.63) is 71.8 Å². The molecule has 3 heterocycles. The normalized spacial score (nSPS) is 17.6. The lowest BCUT2D eigenvalue weighted by molar-refractivity contribution is 0.377. The highest BCUT2D eigenvalue weighted by molar-refractivity contribution is 7.90. The van der Waals surface area contributed by atoms with Crippen LogP contribution in [0.15, 0.2) is 54.9 Å². The zero-order chi connectivity index (χ0) is 29.1.